The van der Waals surface area contributed by atoms with Gasteiger partial charge in [0.05, 0.1) is 11.4 Å². The molecule has 0 aliphatic carbocycles. The molecule has 2 N–H and O–H groups in total. The van der Waals surface area contributed by atoms with Crippen molar-refractivity contribution in [3.05, 3.63) is 77.7 Å². The van der Waals surface area contributed by atoms with Gasteiger partial charge in [0.2, 0.25) is 11.8 Å². The van der Waals surface area contributed by atoms with E-state index in [4.69, 9.17) is 10.2 Å². The van der Waals surface area contributed by atoms with E-state index >= 15 is 0 Å². The van der Waals surface area contributed by atoms with E-state index in [0.717, 1.165) is 11.1 Å². The molecule has 0 aliphatic heterocycles. The Kier molecular flexibility index (Phi) is 4.86. The van der Waals surface area contributed by atoms with E-state index in [2.05, 4.69) is 4.98 Å². The highest BCUT2D eigenvalue weighted by atomic mass is 32.2. The van der Waals surface area contributed by atoms with Crippen molar-refractivity contribution >= 4 is 16.7 Å². The molecule has 6 heteroatoms. The van der Waals surface area contributed by atoms with Crippen LogP contribution in [0.5, 0.6) is 0 Å². The van der Waals surface area contributed by atoms with Crippen LogP contribution in [0.15, 0.2) is 65.3 Å². The van der Waals surface area contributed by atoms with E-state index in [-0.39, 0.29) is 0 Å². The van der Waals surface area contributed by atoms with E-state index in [1.54, 1.807) is 24.3 Å². The third kappa shape index (κ3) is 3.97. The predicted octanol–water partition coefficient (Wildman–Crippen LogP) is 2.89. The van der Waals surface area contributed by atoms with Crippen LogP contribution in [0.25, 0.3) is 11.5 Å². The summed E-state index contributed by atoms with van der Waals surface area (Å²) in [7, 11) is -1.12. The van der Waals surface area contributed by atoms with Crippen molar-refractivity contribution in [1.29, 1.82) is 0 Å². The standard InChI is InChI=1S/C18H16N2O3S/c19-17(21)14-8-6-13(7-9-14)11-24(22)12-16-10-23-18(20-16)15-4-2-1-3-5-15/h1-10H,11-12H2,(H2,19,21)/t24-/m0/s1. The van der Waals surface area contributed by atoms with Crippen molar-refractivity contribution in [3.8, 4) is 11.5 Å². The highest BCUT2D eigenvalue weighted by Crippen LogP contribution is 2.19. The number of hydrogen-bond acceptors (Lipinski definition) is 4. The Hall–Kier alpha value is -2.73. The lowest BCUT2D eigenvalue weighted by Gasteiger charge is -2.02. The average Bonchev–Trinajstić information content (AvgIpc) is 3.04. The van der Waals surface area contributed by atoms with Crippen molar-refractivity contribution in [3.63, 3.8) is 0 Å². The molecule has 3 aromatic rings. The summed E-state index contributed by atoms with van der Waals surface area (Å²) in [5.41, 5.74) is 8.06. The van der Waals surface area contributed by atoms with E-state index in [1.165, 1.54) is 6.26 Å². The van der Waals surface area contributed by atoms with Gasteiger partial charge in [-0.15, -0.1) is 0 Å². The van der Waals surface area contributed by atoms with Crippen LogP contribution in [0.2, 0.25) is 0 Å². The van der Waals surface area contributed by atoms with Crippen molar-refractivity contribution in [2.24, 2.45) is 5.73 Å². The van der Waals surface area contributed by atoms with Crippen LogP contribution in [0, 0.1) is 0 Å². The molecule has 0 saturated carbocycles. The lowest BCUT2D eigenvalue weighted by molar-refractivity contribution is 0.100. The first-order valence-electron chi connectivity index (χ1n) is 7.35. The minimum Gasteiger partial charge on any atom is -0.444 e. The molecule has 0 radical (unpaired) electrons. The smallest absolute Gasteiger partial charge is 0.248 e. The second-order valence-corrected chi connectivity index (χ2v) is 6.76. The highest BCUT2D eigenvalue weighted by Gasteiger charge is 2.10. The Balaban J connectivity index is 1.63. The number of nitrogens with zero attached hydrogens (tertiary/aromatic N) is 1. The maximum Gasteiger partial charge on any atom is 0.248 e. The molecule has 0 bridgehead atoms. The molecule has 1 aromatic heterocycles. The Morgan fingerprint density at radius 1 is 1.04 bits per heavy atom. The number of benzene rings is 2. The second kappa shape index (κ2) is 7.23. The molecule has 0 spiro atoms. The van der Waals surface area contributed by atoms with Crippen LogP contribution in [0.3, 0.4) is 0 Å². The molecule has 24 heavy (non-hydrogen) atoms. The summed E-state index contributed by atoms with van der Waals surface area (Å²) < 4.78 is 17.7. The summed E-state index contributed by atoms with van der Waals surface area (Å²) >= 11 is 0. The van der Waals surface area contributed by atoms with Gasteiger partial charge < -0.3 is 10.2 Å². The molecular formula is C18H16N2O3S. The molecule has 0 saturated heterocycles. The summed E-state index contributed by atoms with van der Waals surface area (Å²) in [6.07, 6.45) is 1.54. The molecule has 2 aromatic carbocycles. The predicted molar refractivity (Wildman–Crippen MR) is 92.4 cm³/mol. The number of carbonyl (C=O) groups excluding carboxylic acids is 1. The summed E-state index contributed by atoms with van der Waals surface area (Å²) in [4.78, 5) is 15.4. The average molecular weight is 340 g/mol. The Bertz CT molecular complexity index is 857. The van der Waals surface area contributed by atoms with Gasteiger partial charge in [0.25, 0.3) is 0 Å². The van der Waals surface area contributed by atoms with Gasteiger partial charge in [0, 0.05) is 27.7 Å². The Morgan fingerprint density at radius 3 is 2.42 bits per heavy atom. The fourth-order valence-corrected chi connectivity index (χ4v) is 3.38. The van der Waals surface area contributed by atoms with Gasteiger partial charge in [-0.05, 0) is 29.8 Å². The lowest BCUT2D eigenvalue weighted by Crippen LogP contribution is -2.10. The number of carbonyl (C=O) groups is 1. The second-order valence-electron chi connectivity index (χ2n) is 5.30. The van der Waals surface area contributed by atoms with E-state index in [9.17, 15) is 9.00 Å². The molecule has 0 unspecified atom stereocenters. The first-order valence-corrected chi connectivity index (χ1v) is 8.84. The molecule has 0 fully saturated rings. The summed E-state index contributed by atoms with van der Waals surface area (Å²) in [5, 5.41) is 0. The van der Waals surface area contributed by atoms with Gasteiger partial charge in [-0.1, -0.05) is 30.3 Å². The van der Waals surface area contributed by atoms with Gasteiger partial charge in [-0.25, -0.2) is 4.98 Å². The van der Waals surface area contributed by atoms with Crippen molar-refractivity contribution < 1.29 is 13.4 Å². The molecular weight excluding hydrogens is 324 g/mol. The zero-order chi connectivity index (χ0) is 16.9. The lowest BCUT2D eigenvalue weighted by atomic mass is 10.1. The highest BCUT2D eigenvalue weighted by molar-refractivity contribution is 7.83. The van der Waals surface area contributed by atoms with Crippen LogP contribution in [0.4, 0.5) is 0 Å². The topological polar surface area (TPSA) is 86.2 Å². The van der Waals surface area contributed by atoms with Crippen molar-refractivity contribution in [2.45, 2.75) is 11.5 Å². The molecule has 5 nitrogen and oxygen atoms in total. The van der Waals surface area contributed by atoms with Gasteiger partial charge in [0.1, 0.15) is 6.26 Å². The fourth-order valence-electron chi connectivity index (χ4n) is 2.25. The first-order chi connectivity index (χ1) is 11.6. The summed E-state index contributed by atoms with van der Waals surface area (Å²) in [6, 6.07) is 16.4. The minimum absolute atomic E-state index is 0.313. The monoisotopic (exact) mass is 340 g/mol. The van der Waals surface area contributed by atoms with Gasteiger partial charge in [-0.3, -0.25) is 9.00 Å². The Morgan fingerprint density at radius 2 is 1.75 bits per heavy atom. The molecule has 0 aliphatic rings. The number of nitrogens with two attached hydrogens (primary N) is 1. The number of hydrogen-bond donors (Lipinski definition) is 1. The van der Waals surface area contributed by atoms with Crippen molar-refractivity contribution in [1.82, 2.24) is 4.98 Å². The number of primary amides is 1. The van der Waals surface area contributed by atoms with E-state index in [0.29, 0.717) is 28.7 Å². The fraction of sp³-hybridized carbons (Fsp3) is 0.111. The van der Waals surface area contributed by atoms with Crippen molar-refractivity contribution in [2.75, 3.05) is 0 Å². The van der Waals surface area contributed by atoms with Crippen LogP contribution in [-0.4, -0.2) is 15.1 Å². The first kappa shape index (κ1) is 16.1. The maximum absolute atomic E-state index is 12.3. The normalized spacial score (nSPS) is 12.0. The number of rotatable bonds is 6. The SMILES string of the molecule is NC(=O)c1ccc(C[S@](=O)Cc2coc(-c3ccccc3)n2)cc1. The van der Waals surface area contributed by atoms with Crippen LogP contribution >= 0.6 is 0 Å². The van der Waals surface area contributed by atoms with Gasteiger partial charge in [-0.2, -0.15) is 0 Å². The summed E-state index contributed by atoms with van der Waals surface area (Å²) in [6.45, 7) is 0. The van der Waals surface area contributed by atoms with E-state index < -0.39 is 16.7 Å². The minimum atomic E-state index is -1.12. The largest absolute Gasteiger partial charge is 0.444 e. The van der Waals surface area contributed by atoms with Crippen LogP contribution < -0.4 is 5.73 Å². The van der Waals surface area contributed by atoms with Crippen LogP contribution in [-0.2, 0) is 22.3 Å². The molecule has 1 amide bonds. The summed E-state index contributed by atoms with van der Waals surface area (Å²) in [5.74, 6) is 0.743. The third-order valence-electron chi connectivity index (χ3n) is 3.45. The molecule has 122 valence electrons. The number of oxazole rings is 1. The third-order valence-corrected chi connectivity index (χ3v) is 4.72. The van der Waals surface area contributed by atoms with Gasteiger partial charge in [0.15, 0.2) is 0 Å². The maximum atomic E-state index is 12.3. The zero-order valence-corrected chi connectivity index (χ0v) is 13.7. The van der Waals surface area contributed by atoms with Gasteiger partial charge >= 0.3 is 0 Å². The molecule has 1 heterocycles. The quantitative estimate of drug-likeness (QED) is 0.747. The van der Waals surface area contributed by atoms with E-state index in [1.807, 2.05) is 30.3 Å². The number of amides is 1. The Labute approximate surface area is 142 Å². The molecule has 1 atom stereocenters. The number of aromatic nitrogens is 1. The zero-order valence-electron chi connectivity index (χ0n) is 12.8. The molecule has 3 rings (SSSR count). The van der Waals surface area contributed by atoms with Crippen LogP contribution in [0.1, 0.15) is 21.6 Å².